The molecule has 3 aromatic rings. The predicted octanol–water partition coefficient (Wildman–Crippen LogP) is 3.19. The molecule has 0 atom stereocenters. The molecular weight excluding hydrogens is 230 g/mol. The highest BCUT2D eigenvalue weighted by molar-refractivity contribution is 7.17. The van der Waals surface area contributed by atoms with Gasteiger partial charge < -0.3 is 5.73 Å². The van der Waals surface area contributed by atoms with Gasteiger partial charge >= 0.3 is 0 Å². The van der Waals surface area contributed by atoms with Crippen molar-refractivity contribution in [2.24, 2.45) is 7.05 Å². The minimum Gasteiger partial charge on any atom is -0.382 e. The van der Waals surface area contributed by atoms with Crippen LogP contribution >= 0.6 is 11.3 Å². The number of aryl methyl sites for hydroxylation is 1. The molecule has 0 saturated carbocycles. The van der Waals surface area contributed by atoms with E-state index >= 15 is 0 Å². The largest absolute Gasteiger partial charge is 0.382 e. The number of benzene rings is 1. The van der Waals surface area contributed by atoms with Gasteiger partial charge in [0, 0.05) is 39.3 Å². The number of nitrogen functional groups attached to an aromatic ring is 1. The second-order valence-electron chi connectivity index (χ2n) is 4.11. The van der Waals surface area contributed by atoms with Gasteiger partial charge in [0.2, 0.25) is 0 Å². The fourth-order valence-electron chi connectivity index (χ4n) is 2.14. The zero-order chi connectivity index (χ0) is 12.0. The van der Waals surface area contributed by atoms with Gasteiger partial charge in [-0.05, 0) is 13.0 Å². The molecule has 0 aliphatic carbocycles. The van der Waals surface area contributed by atoms with E-state index in [0.29, 0.717) is 5.82 Å². The quantitative estimate of drug-likeness (QED) is 0.713. The first-order chi connectivity index (χ1) is 8.18. The maximum absolute atomic E-state index is 6.00. The Kier molecular flexibility index (Phi) is 2.19. The van der Waals surface area contributed by atoms with Crippen molar-refractivity contribution < 1.29 is 0 Å². The molecule has 0 unspecified atom stereocenters. The third-order valence-electron chi connectivity index (χ3n) is 3.11. The summed E-state index contributed by atoms with van der Waals surface area (Å²) >= 11 is 1.74. The molecule has 0 saturated heterocycles. The van der Waals surface area contributed by atoms with E-state index in [1.54, 1.807) is 11.3 Å². The fourth-order valence-corrected chi connectivity index (χ4v) is 3.09. The molecular formula is C13H13N3S. The standard InChI is InChI=1S/C13H13N3S/c1-8-12(13(14)15-16(8)2)10-7-17-11-6-4-3-5-9(10)11/h3-7H,1-2H3,(H2,14,15). The Hall–Kier alpha value is -1.81. The molecule has 0 spiro atoms. The van der Waals surface area contributed by atoms with Crippen LogP contribution in [0.15, 0.2) is 29.6 Å². The SMILES string of the molecule is Cc1c(-c2csc3ccccc23)c(N)nn1C. The first-order valence-corrected chi connectivity index (χ1v) is 6.32. The van der Waals surface area contributed by atoms with Gasteiger partial charge in [-0.2, -0.15) is 5.10 Å². The first kappa shape index (κ1) is 10.4. The monoisotopic (exact) mass is 243 g/mol. The van der Waals surface area contributed by atoms with Gasteiger partial charge in [0.15, 0.2) is 5.82 Å². The topological polar surface area (TPSA) is 43.8 Å². The number of fused-ring (bicyclic) bond motifs is 1. The van der Waals surface area contributed by atoms with Crippen LogP contribution in [0.25, 0.3) is 21.2 Å². The number of hydrogen-bond donors (Lipinski definition) is 1. The number of aromatic nitrogens is 2. The molecule has 3 rings (SSSR count). The highest BCUT2D eigenvalue weighted by Crippen LogP contribution is 2.37. The normalized spacial score (nSPS) is 11.2. The van der Waals surface area contributed by atoms with Crippen molar-refractivity contribution in [2.45, 2.75) is 6.92 Å². The van der Waals surface area contributed by atoms with Crippen LogP contribution in [-0.4, -0.2) is 9.78 Å². The van der Waals surface area contributed by atoms with E-state index in [1.807, 2.05) is 18.7 Å². The van der Waals surface area contributed by atoms with E-state index in [1.165, 1.54) is 15.6 Å². The molecule has 2 heterocycles. The van der Waals surface area contributed by atoms with E-state index in [9.17, 15) is 0 Å². The molecule has 0 radical (unpaired) electrons. The molecule has 17 heavy (non-hydrogen) atoms. The molecule has 2 aromatic heterocycles. The Labute approximate surface area is 103 Å². The lowest BCUT2D eigenvalue weighted by molar-refractivity contribution is 0.744. The summed E-state index contributed by atoms with van der Waals surface area (Å²) in [6, 6.07) is 8.38. The molecule has 0 amide bonds. The lowest BCUT2D eigenvalue weighted by Gasteiger charge is -2.00. The van der Waals surface area contributed by atoms with E-state index < -0.39 is 0 Å². The number of rotatable bonds is 1. The number of thiophene rings is 1. The van der Waals surface area contributed by atoms with E-state index in [4.69, 9.17) is 5.73 Å². The summed E-state index contributed by atoms with van der Waals surface area (Å²) in [7, 11) is 1.92. The van der Waals surface area contributed by atoms with Gasteiger partial charge in [-0.15, -0.1) is 11.3 Å². The van der Waals surface area contributed by atoms with Crippen LogP contribution in [0.3, 0.4) is 0 Å². The first-order valence-electron chi connectivity index (χ1n) is 5.44. The van der Waals surface area contributed by atoms with Crippen LogP contribution in [0.5, 0.6) is 0 Å². The lowest BCUT2D eigenvalue weighted by Crippen LogP contribution is -1.93. The van der Waals surface area contributed by atoms with Gasteiger partial charge in [-0.25, -0.2) is 0 Å². The Morgan fingerprint density at radius 2 is 2.06 bits per heavy atom. The van der Waals surface area contributed by atoms with Crippen molar-refractivity contribution in [2.75, 3.05) is 5.73 Å². The summed E-state index contributed by atoms with van der Waals surface area (Å²) in [5, 5.41) is 7.68. The average Bonchev–Trinajstić information content (AvgIpc) is 2.82. The van der Waals surface area contributed by atoms with Gasteiger partial charge in [-0.3, -0.25) is 4.68 Å². The van der Waals surface area contributed by atoms with Crippen LogP contribution in [0.1, 0.15) is 5.69 Å². The van der Waals surface area contributed by atoms with Crippen molar-refractivity contribution in [1.29, 1.82) is 0 Å². The van der Waals surface area contributed by atoms with Crippen molar-refractivity contribution in [3.63, 3.8) is 0 Å². The summed E-state index contributed by atoms with van der Waals surface area (Å²) in [5.74, 6) is 0.605. The summed E-state index contributed by atoms with van der Waals surface area (Å²) < 4.78 is 3.11. The summed E-state index contributed by atoms with van der Waals surface area (Å²) in [6.07, 6.45) is 0. The summed E-state index contributed by atoms with van der Waals surface area (Å²) in [4.78, 5) is 0. The molecule has 4 heteroatoms. The minimum absolute atomic E-state index is 0.605. The van der Waals surface area contributed by atoms with E-state index in [0.717, 1.165) is 11.3 Å². The van der Waals surface area contributed by atoms with Gasteiger partial charge in [0.05, 0.1) is 0 Å². The van der Waals surface area contributed by atoms with Crippen LogP contribution in [0, 0.1) is 6.92 Å². The predicted molar refractivity (Wildman–Crippen MR) is 73.2 cm³/mol. The van der Waals surface area contributed by atoms with Crippen molar-refractivity contribution in [3.05, 3.63) is 35.3 Å². The van der Waals surface area contributed by atoms with Gasteiger partial charge in [-0.1, -0.05) is 18.2 Å². The highest BCUT2D eigenvalue weighted by atomic mass is 32.1. The number of anilines is 1. The molecule has 3 nitrogen and oxygen atoms in total. The maximum atomic E-state index is 6.00. The molecule has 86 valence electrons. The summed E-state index contributed by atoms with van der Waals surface area (Å²) in [5.41, 5.74) is 9.35. The Morgan fingerprint density at radius 3 is 2.76 bits per heavy atom. The maximum Gasteiger partial charge on any atom is 0.153 e. The van der Waals surface area contributed by atoms with Gasteiger partial charge in [0.25, 0.3) is 0 Å². The fraction of sp³-hybridized carbons (Fsp3) is 0.154. The zero-order valence-corrected chi connectivity index (χ0v) is 10.6. The Bertz CT molecular complexity index is 694. The number of nitrogens with zero attached hydrogens (tertiary/aromatic N) is 2. The molecule has 0 aliphatic heterocycles. The summed E-state index contributed by atoms with van der Waals surface area (Å²) in [6.45, 7) is 2.05. The van der Waals surface area contributed by atoms with Crippen molar-refractivity contribution in [3.8, 4) is 11.1 Å². The van der Waals surface area contributed by atoms with E-state index in [2.05, 4.69) is 34.7 Å². The number of hydrogen-bond acceptors (Lipinski definition) is 3. The van der Waals surface area contributed by atoms with Crippen LogP contribution in [-0.2, 0) is 7.05 Å². The third-order valence-corrected chi connectivity index (χ3v) is 4.07. The molecule has 0 bridgehead atoms. The Morgan fingerprint density at radius 1 is 1.29 bits per heavy atom. The molecule has 2 N–H and O–H groups in total. The lowest BCUT2D eigenvalue weighted by atomic mass is 10.1. The average molecular weight is 243 g/mol. The van der Waals surface area contributed by atoms with E-state index in [-0.39, 0.29) is 0 Å². The molecule has 0 fully saturated rings. The zero-order valence-electron chi connectivity index (χ0n) is 9.77. The molecule has 0 aliphatic rings. The Balaban J connectivity index is 2.35. The second kappa shape index (κ2) is 3.60. The third kappa shape index (κ3) is 1.45. The van der Waals surface area contributed by atoms with Crippen LogP contribution < -0.4 is 5.73 Å². The van der Waals surface area contributed by atoms with Crippen LogP contribution in [0.2, 0.25) is 0 Å². The molecule has 1 aromatic carbocycles. The van der Waals surface area contributed by atoms with Crippen molar-refractivity contribution in [1.82, 2.24) is 9.78 Å². The second-order valence-corrected chi connectivity index (χ2v) is 5.03. The smallest absolute Gasteiger partial charge is 0.153 e. The minimum atomic E-state index is 0.605. The number of nitrogens with two attached hydrogens (primary N) is 1. The van der Waals surface area contributed by atoms with Crippen LogP contribution in [0.4, 0.5) is 5.82 Å². The van der Waals surface area contributed by atoms with Crippen molar-refractivity contribution >= 4 is 27.2 Å². The van der Waals surface area contributed by atoms with Gasteiger partial charge in [0.1, 0.15) is 0 Å². The highest BCUT2D eigenvalue weighted by Gasteiger charge is 2.15.